The SMILES string of the molecule is [2H]c1c([2H])c([2H])c(-c2c([2H])c([2H])c([2H])c([2H])c2-c2cc([2H])c3sc4c([2H])c(-c5nc(-c6ccccc6)nc(-c6ccc7c(c6)oc6ccccc67)n5)c([2H])c([2H])c4c3c2[2H])c([2H])c1[2H]. The van der Waals surface area contributed by atoms with Gasteiger partial charge in [0, 0.05) is 47.6 Å². The molecule has 0 unspecified atom stereocenters. The van der Waals surface area contributed by atoms with E-state index in [1.54, 1.807) is 18.2 Å². The molecule has 0 aliphatic heterocycles. The Bertz CT molecular complexity index is 3660. The minimum atomic E-state index is -0.749. The Labute approximate surface area is 311 Å². The minimum Gasteiger partial charge on any atom is -0.456 e. The smallest absolute Gasteiger partial charge is 0.164 e. The third kappa shape index (κ3) is 4.87. The van der Waals surface area contributed by atoms with Crippen LogP contribution in [0.2, 0.25) is 0 Å². The lowest BCUT2D eigenvalue weighted by Crippen LogP contribution is -2.00. The summed E-state index contributed by atoms with van der Waals surface area (Å²) >= 11 is 0.930. The third-order valence-electron chi connectivity index (χ3n) is 8.30. The maximum Gasteiger partial charge on any atom is 0.164 e. The highest BCUT2D eigenvalue weighted by molar-refractivity contribution is 7.25. The number of para-hydroxylation sites is 1. The summed E-state index contributed by atoms with van der Waals surface area (Å²) in [5.74, 6) is 0.376. The van der Waals surface area contributed by atoms with E-state index in [1.165, 1.54) is 6.07 Å². The van der Waals surface area contributed by atoms with E-state index in [0.717, 1.165) is 22.1 Å². The Kier molecular flexibility index (Phi) is 4.14. The predicted octanol–water partition coefficient (Wildman–Crippen LogP) is 12.5. The van der Waals surface area contributed by atoms with Crippen LogP contribution in [0.4, 0.5) is 0 Å². The second-order valence-corrected chi connectivity index (χ2v) is 12.3. The molecule has 0 spiro atoms. The van der Waals surface area contributed by atoms with Crippen molar-refractivity contribution in [1.29, 1.82) is 0 Å². The fourth-order valence-electron chi connectivity index (χ4n) is 5.96. The lowest BCUT2D eigenvalue weighted by Gasteiger charge is -2.10. The number of nitrogens with zero attached hydrogens (tertiary/aromatic N) is 3. The normalized spacial score (nSPS) is 15.5. The molecule has 3 aromatic heterocycles. The summed E-state index contributed by atoms with van der Waals surface area (Å²) in [7, 11) is 0. The van der Waals surface area contributed by atoms with Gasteiger partial charge in [-0.15, -0.1) is 11.3 Å². The molecule has 0 N–H and O–H groups in total. The van der Waals surface area contributed by atoms with E-state index < -0.39 is 89.2 Å². The quantitative estimate of drug-likeness (QED) is 0.183. The third-order valence-corrected chi connectivity index (χ3v) is 9.34. The first kappa shape index (κ1) is 17.8. The van der Waals surface area contributed by atoms with Gasteiger partial charge in [0.15, 0.2) is 17.5 Å². The zero-order chi connectivity index (χ0) is 45.2. The zero-order valence-corrected chi connectivity index (χ0v) is 26.5. The molecule has 234 valence electrons. The maximum atomic E-state index is 9.57. The molecule has 0 bridgehead atoms. The van der Waals surface area contributed by atoms with Crippen LogP contribution in [0.5, 0.6) is 0 Å². The molecule has 10 aromatic rings. The van der Waals surface area contributed by atoms with Crippen LogP contribution in [0.25, 0.3) is 98.5 Å². The molecule has 50 heavy (non-hydrogen) atoms. The molecule has 0 atom stereocenters. The summed E-state index contributed by atoms with van der Waals surface area (Å²) < 4.78 is 130. The van der Waals surface area contributed by atoms with Gasteiger partial charge in [0.25, 0.3) is 0 Å². The summed E-state index contributed by atoms with van der Waals surface area (Å²) in [4.78, 5) is 14.3. The van der Waals surface area contributed by atoms with Gasteiger partial charge in [-0.3, -0.25) is 0 Å². The lowest BCUT2D eigenvalue weighted by molar-refractivity contribution is 0.669. The number of thiophene rings is 1. The van der Waals surface area contributed by atoms with Crippen molar-refractivity contribution in [3.8, 4) is 56.4 Å². The summed E-state index contributed by atoms with van der Waals surface area (Å²) in [6.07, 6.45) is 0. The number of furan rings is 1. The average Bonchev–Trinajstić information content (AvgIpc) is 3.90. The van der Waals surface area contributed by atoms with E-state index in [2.05, 4.69) is 0 Å². The van der Waals surface area contributed by atoms with Crippen LogP contribution in [-0.4, -0.2) is 15.0 Å². The second-order valence-electron chi connectivity index (χ2n) is 11.3. The average molecular weight is 672 g/mol. The second kappa shape index (κ2) is 11.6. The topological polar surface area (TPSA) is 51.8 Å². The van der Waals surface area contributed by atoms with Crippen LogP contribution in [0, 0.1) is 0 Å². The van der Waals surface area contributed by atoms with Crippen LogP contribution >= 0.6 is 11.3 Å². The van der Waals surface area contributed by atoms with Crippen molar-refractivity contribution < 1.29 is 23.6 Å². The summed E-state index contributed by atoms with van der Waals surface area (Å²) in [6.45, 7) is 0. The zero-order valence-electron chi connectivity index (χ0n) is 39.7. The minimum absolute atomic E-state index is 0.0304. The van der Waals surface area contributed by atoms with Crippen molar-refractivity contribution in [1.82, 2.24) is 15.0 Å². The molecule has 3 heterocycles. The van der Waals surface area contributed by atoms with Crippen molar-refractivity contribution >= 4 is 53.4 Å². The van der Waals surface area contributed by atoms with E-state index in [0.29, 0.717) is 22.3 Å². The van der Waals surface area contributed by atoms with Crippen LogP contribution in [0.1, 0.15) is 19.2 Å². The van der Waals surface area contributed by atoms with E-state index in [-0.39, 0.29) is 60.9 Å². The molecular formula is C45H27N3OS. The van der Waals surface area contributed by atoms with Gasteiger partial charge in [0.2, 0.25) is 0 Å². The van der Waals surface area contributed by atoms with Crippen molar-refractivity contribution in [2.45, 2.75) is 0 Å². The standard InChI is InChI=1S/C45H27N3OS/c1-3-11-28(12-4-1)33-15-7-8-16-34(33)30-21-24-41-38(25-30)37-23-20-32(27-42(37)50-41)45-47-43(29-13-5-2-6-14-29)46-44(48-45)31-19-22-36-35-17-9-10-18-39(35)49-40(36)26-31/h1-27H/i1D,3D,4D,7D,8D,11D,12D,15D,16D,20D,23D,24D,25D,27D. The summed E-state index contributed by atoms with van der Waals surface area (Å²) in [5.41, 5.74) is 0.745. The molecule has 0 amide bonds. The molecule has 0 radical (unpaired) electrons. The van der Waals surface area contributed by atoms with Crippen LogP contribution in [-0.2, 0) is 0 Å². The summed E-state index contributed by atoms with van der Waals surface area (Å²) in [6, 6.07) is 15.1. The monoisotopic (exact) mass is 671 g/mol. The maximum absolute atomic E-state index is 9.57. The van der Waals surface area contributed by atoms with Gasteiger partial charge in [-0.25, -0.2) is 15.0 Å². The van der Waals surface area contributed by atoms with Gasteiger partial charge in [-0.1, -0.05) is 127 Å². The molecule has 0 aliphatic carbocycles. The van der Waals surface area contributed by atoms with E-state index in [1.807, 2.05) is 54.6 Å². The number of hydrogen-bond acceptors (Lipinski definition) is 5. The first-order chi connectivity index (χ1) is 30.6. The molecule has 0 aliphatic rings. The Morgan fingerprint density at radius 3 is 1.98 bits per heavy atom. The number of benzene rings is 7. The molecular weight excluding hydrogens is 631 g/mol. The van der Waals surface area contributed by atoms with Crippen molar-refractivity contribution in [2.75, 3.05) is 0 Å². The van der Waals surface area contributed by atoms with Crippen molar-refractivity contribution in [2.24, 2.45) is 0 Å². The van der Waals surface area contributed by atoms with E-state index in [4.69, 9.17) is 31.7 Å². The molecule has 0 saturated carbocycles. The molecule has 10 rings (SSSR count). The van der Waals surface area contributed by atoms with Gasteiger partial charge in [0.1, 0.15) is 11.2 Å². The highest BCUT2D eigenvalue weighted by Gasteiger charge is 2.16. The molecule has 0 saturated heterocycles. The molecule has 7 aromatic carbocycles. The Morgan fingerprint density at radius 1 is 0.440 bits per heavy atom. The van der Waals surface area contributed by atoms with Crippen molar-refractivity contribution in [3.63, 3.8) is 0 Å². The van der Waals surface area contributed by atoms with Crippen LogP contribution < -0.4 is 0 Å². The van der Waals surface area contributed by atoms with Crippen molar-refractivity contribution in [3.05, 3.63) is 163 Å². The molecule has 0 fully saturated rings. The summed E-state index contributed by atoms with van der Waals surface area (Å²) in [5, 5.41) is 1.75. The van der Waals surface area contributed by atoms with Gasteiger partial charge in [-0.2, -0.15) is 0 Å². The fourth-order valence-corrected chi connectivity index (χ4v) is 6.94. The van der Waals surface area contributed by atoms with Gasteiger partial charge >= 0.3 is 0 Å². The first-order valence-corrected chi connectivity index (χ1v) is 16.3. The Hall–Kier alpha value is -6.43. The van der Waals surface area contributed by atoms with Crippen LogP contribution in [0.15, 0.2) is 168 Å². The Morgan fingerprint density at radius 2 is 1.14 bits per heavy atom. The predicted molar refractivity (Wildman–Crippen MR) is 207 cm³/mol. The van der Waals surface area contributed by atoms with Crippen LogP contribution in [0.3, 0.4) is 0 Å². The largest absolute Gasteiger partial charge is 0.456 e. The van der Waals surface area contributed by atoms with E-state index in [9.17, 15) is 6.85 Å². The highest BCUT2D eigenvalue weighted by atomic mass is 32.1. The number of hydrogen-bond donors (Lipinski definition) is 0. The van der Waals surface area contributed by atoms with E-state index >= 15 is 0 Å². The van der Waals surface area contributed by atoms with Gasteiger partial charge in [0.05, 0.1) is 19.2 Å². The highest BCUT2D eigenvalue weighted by Crippen LogP contribution is 2.40. The Balaban J connectivity index is 1.22. The number of fused-ring (bicyclic) bond motifs is 6. The number of rotatable bonds is 5. The first-order valence-electron chi connectivity index (χ1n) is 22.5. The molecule has 5 heteroatoms. The molecule has 4 nitrogen and oxygen atoms in total. The fraction of sp³-hybridized carbons (Fsp3) is 0. The lowest BCUT2D eigenvalue weighted by atomic mass is 9.94. The van der Waals surface area contributed by atoms with Gasteiger partial charge < -0.3 is 4.42 Å². The number of aromatic nitrogens is 3. The van der Waals surface area contributed by atoms with Gasteiger partial charge in [-0.05, 0) is 58.6 Å².